The minimum Gasteiger partial charge on any atom is -0.478 e. The van der Waals surface area contributed by atoms with Crippen molar-refractivity contribution in [2.75, 3.05) is 0 Å². The Bertz CT molecular complexity index is 557. The van der Waals surface area contributed by atoms with Crippen molar-refractivity contribution in [3.05, 3.63) is 36.5 Å². The molecule has 1 aliphatic carbocycles. The van der Waals surface area contributed by atoms with Crippen molar-refractivity contribution in [3.8, 4) is 0 Å². The zero-order valence-corrected chi connectivity index (χ0v) is 16.2. The molecule has 2 bridgehead atoms. The molecule has 0 aromatic rings. The molecule has 1 unspecified atom stereocenters. The number of carboxylic acids is 1. The fourth-order valence-corrected chi connectivity index (χ4v) is 5.04. The maximum atomic E-state index is 10.6. The van der Waals surface area contributed by atoms with E-state index < -0.39 is 5.97 Å². The molecule has 4 nitrogen and oxygen atoms in total. The predicted octanol–water partition coefficient (Wildman–Crippen LogP) is 4.64. The monoisotopic (exact) mass is 374 g/mol. The molecule has 1 saturated carbocycles. The van der Waals surface area contributed by atoms with Crippen molar-refractivity contribution in [2.45, 2.75) is 82.5 Å². The van der Waals surface area contributed by atoms with Crippen LogP contribution in [0.3, 0.4) is 0 Å². The molecular weight excluding hydrogens is 340 g/mol. The molecule has 0 aromatic carbocycles. The van der Waals surface area contributed by atoms with Gasteiger partial charge < -0.3 is 14.9 Å². The molecule has 0 spiro atoms. The van der Waals surface area contributed by atoms with Crippen LogP contribution in [0, 0.1) is 17.8 Å². The summed E-state index contributed by atoms with van der Waals surface area (Å²) in [5, 5.41) is 19.2. The van der Waals surface area contributed by atoms with Crippen molar-refractivity contribution in [1.82, 2.24) is 0 Å². The van der Waals surface area contributed by atoms with E-state index in [9.17, 15) is 9.90 Å². The number of carboxylic acid groups (broad SMARTS) is 1. The Morgan fingerprint density at radius 2 is 1.74 bits per heavy atom. The smallest absolute Gasteiger partial charge is 0.327 e. The first-order valence-corrected chi connectivity index (χ1v) is 10.7. The maximum Gasteiger partial charge on any atom is 0.327 e. The average Bonchev–Trinajstić information content (AvgIpc) is 3.13. The number of allylic oxidation sites excluding steroid dienone is 3. The van der Waals surface area contributed by atoms with Gasteiger partial charge in [-0.25, -0.2) is 4.79 Å². The molecule has 150 valence electrons. The minimum atomic E-state index is -0.901. The average molecular weight is 375 g/mol. The highest BCUT2D eigenvalue weighted by atomic mass is 16.5. The lowest BCUT2D eigenvalue weighted by Crippen LogP contribution is -2.26. The molecular formula is C23H34O4. The second-order valence-electron chi connectivity index (χ2n) is 8.34. The number of carbonyl (C=O) groups is 1. The van der Waals surface area contributed by atoms with Gasteiger partial charge in [0, 0.05) is 12.0 Å². The highest BCUT2D eigenvalue weighted by molar-refractivity contribution is 5.79. The third kappa shape index (κ3) is 5.79. The molecule has 3 rings (SSSR count). The molecule has 3 fully saturated rings. The van der Waals surface area contributed by atoms with Crippen LogP contribution in [0.5, 0.6) is 0 Å². The zero-order chi connectivity index (χ0) is 19.1. The Hall–Kier alpha value is -1.39. The Morgan fingerprint density at radius 1 is 1.00 bits per heavy atom. The van der Waals surface area contributed by atoms with E-state index in [1.165, 1.54) is 31.8 Å². The normalized spacial score (nSPS) is 33.4. The lowest BCUT2D eigenvalue weighted by molar-refractivity contribution is -0.131. The van der Waals surface area contributed by atoms with E-state index >= 15 is 0 Å². The van der Waals surface area contributed by atoms with E-state index in [4.69, 9.17) is 9.84 Å². The van der Waals surface area contributed by atoms with Crippen molar-refractivity contribution < 1.29 is 19.7 Å². The lowest BCUT2D eigenvalue weighted by atomic mass is 9.77. The van der Waals surface area contributed by atoms with E-state index in [-0.39, 0.29) is 6.10 Å². The SMILES string of the molecule is O=C(O)/C=C/C/C=C\C[C@H]1[C@@H](/C=C/C(O)C2CCCCCC2)[C@H]2CC[C@@H]1O2. The highest BCUT2D eigenvalue weighted by Crippen LogP contribution is 2.46. The Labute approximate surface area is 163 Å². The zero-order valence-electron chi connectivity index (χ0n) is 16.2. The van der Waals surface area contributed by atoms with Crippen molar-refractivity contribution in [1.29, 1.82) is 0 Å². The third-order valence-electron chi connectivity index (χ3n) is 6.51. The van der Waals surface area contributed by atoms with Gasteiger partial charge in [0.1, 0.15) is 0 Å². The Kier molecular flexibility index (Phi) is 7.71. The first-order chi connectivity index (χ1) is 13.1. The second kappa shape index (κ2) is 10.2. The van der Waals surface area contributed by atoms with Crippen molar-refractivity contribution in [2.24, 2.45) is 17.8 Å². The summed E-state index contributed by atoms with van der Waals surface area (Å²) in [6, 6.07) is 0. The standard InChI is InChI=1S/C23H34O4/c24-20(17-9-5-1-2-6-10-17)14-13-19-18(21-15-16-22(19)27-21)11-7-3-4-8-12-23(25)26/h3,7-8,12-14,17-22,24H,1-2,4-6,9-11,15-16H2,(H,25,26)/b7-3-,12-8+,14-13+/t18-,19+,20?,21-,22+/m0/s1. The number of aliphatic hydroxyl groups excluding tert-OH is 1. The summed E-state index contributed by atoms with van der Waals surface area (Å²) in [6.07, 6.45) is 22.9. The van der Waals surface area contributed by atoms with Gasteiger partial charge in [0.2, 0.25) is 0 Å². The molecule has 5 atom stereocenters. The van der Waals surface area contributed by atoms with Gasteiger partial charge in [-0.3, -0.25) is 0 Å². The fraction of sp³-hybridized carbons (Fsp3) is 0.696. The first-order valence-electron chi connectivity index (χ1n) is 10.7. The summed E-state index contributed by atoms with van der Waals surface area (Å²) in [5.41, 5.74) is 0. The molecule has 2 aliphatic heterocycles. The summed E-state index contributed by atoms with van der Waals surface area (Å²) in [6.45, 7) is 0. The quantitative estimate of drug-likeness (QED) is 0.369. The number of aliphatic carboxylic acids is 1. The van der Waals surface area contributed by atoms with Crippen LogP contribution in [0.1, 0.15) is 64.2 Å². The Balaban J connectivity index is 1.52. The van der Waals surface area contributed by atoms with Crippen molar-refractivity contribution >= 4 is 5.97 Å². The molecule has 27 heavy (non-hydrogen) atoms. The van der Waals surface area contributed by atoms with Crippen LogP contribution in [0.4, 0.5) is 0 Å². The highest BCUT2D eigenvalue weighted by Gasteiger charge is 2.46. The number of fused-ring (bicyclic) bond motifs is 2. The van der Waals surface area contributed by atoms with E-state index in [0.29, 0.717) is 36.4 Å². The van der Waals surface area contributed by atoms with Crippen LogP contribution in [-0.4, -0.2) is 34.5 Å². The molecule has 0 amide bonds. The van der Waals surface area contributed by atoms with Crippen molar-refractivity contribution in [3.63, 3.8) is 0 Å². The van der Waals surface area contributed by atoms with E-state index in [2.05, 4.69) is 18.2 Å². The van der Waals surface area contributed by atoms with Crippen LogP contribution < -0.4 is 0 Å². The molecule has 2 N–H and O–H groups in total. The number of hydrogen-bond acceptors (Lipinski definition) is 3. The lowest BCUT2D eigenvalue weighted by Gasteiger charge is -2.25. The topological polar surface area (TPSA) is 66.8 Å². The predicted molar refractivity (Wildman–Crippen MR) is 106 cm³/mol. The molecule has 0 radical (unpaired) electrons. The molecule has 2 heterocycles. The van der Waals surface area contributed by atoms with Gasteiger partial charge in [0.15, 0.2) is 0 Å². The van der Waals surface area contributed by atoms with E-state index in [0.717, 1.165) is 32.1 Å². The summed E-state index contributed by atoms with van der Waals surface area (Å²) in [7, 11) is 0. The van der Waals surface area contributed by atoms with E-state index in [1.54, 1.807) is 6.08 Å². The van der Waals surface area contributed by atoms with Gasteiger partial charge in [-0.15, -0.1) is 0 Å². The fourth-order valence-electron chi connectivity index (χ4n) is 5.04. The number of ether oxygens (including phenoxy) is 1. The summed E-state index contributed by atoms with van der Waals surface area (Å²) < 4.78 is 6.15. The van der Waals surface area contributed by atoms with Crippen LogP contribution in [0.2, 0.25) is 0 Å². The molecule has 2 saturated heterocycles. The minimum absolute atomic E-state index is 0.304. The molecule has 3 aliphatic rings. The Morgan fingerprint density at radius 3 is 2.48 bits per heavy atom. The van der Waals surface area contributed by atoms with Gasteiger partial charge in [0.05, 0.1) is 18.3 Å². The van der Waals surface area contributed by atoms with E-state index in [1.807, 2.05) is 6.08 Å². The van der Waals surface area contributed by atoms with Crippen LogP contribution in [0.15, 0.2) is 36.5 Å². The van der Waals surface area contributed by atoms with Gasteiger partial charge in [-0.2, -0.15) is 0 Å². The third-order valence-corrected chi connectivity index (χ3v) is 6.51. The van der Waals surface area contributed by atoms with Crippen LogP contribution in [-0.2, 0) is 9.53 Å². The summed E-state index contributed by atoms with van der Waals surface area (Å²) >= 11 is 0. The number of rotatable bonds is 8. The maximum absolute atomic E-state index is 10.6. The number of aliphatic hydroxyl groups is 1. The summed E-state index contributed by atoms with van der Waals surface area (Å²) in [5.74, 6) is 0.384. The summed E-state index contributed by atoms with van der Waals surface area (Å²) in [4.78, 5) is 10.5. The van der Waals surface area contributed by atoms with Crippen LogP contribution >= 0.6 is 0 Å². The van der Waals surface area contributed by atoms with Gasteiger partial charge in [-0.1, -0.05) is 56.1 Å². The van der Waals surface area contributed by atoms with Gasteiger partial charge in [0.25, 0.3) is 0 Å². The largest absolute Gasteiger partial charge is 0.478 e. The number of hydrogen-bond donors (Lipinski definition) is 2. The van der Waals surface area contributed by atoms with Gasteiger partial charge in [-0.05, 0) is 50.4 Å². The molecule has 4 heteroatoms. The first kappa shape index (κ1) is 20.3. The molecule has 0 aromatic heterocycles. The van der Waals surface area contributed by atoms with Gasteiger partial charge >= 0.3 is 5.97 Å². The second-order valence-corrected chi connectivity index (χ2v) is 8.34. The van der Waals surface area contributed by atoms with Crippen LogP contribution in [0.25, 0.3) is 0 Å².